The molecule has 1 aliphatic rings. The van der Waals surface area contributed by atoms with E-state index in [-0.39, 0.29) is 11.8 Å². The fraction of sp³-hybridized carbons (Fsp3) is 0.538. The minimum atomic E-state index is -2.81. The molecule has 0 saturated carbocycles. The maximum atomic E-state index is 11.5. The Kier molecular flexibility index (Phi) is 3.92. The minimum Gasteiger partial charge on any atom is -0.399 e. The van der Waals surface area contributed by atoms with E-state index < -0.39 is 9.84 Å². The number of rotatable bonds is 3. The van der Waals surface area contributed by atoms with Crippen LogP contribution < -0.4 is 5.73 Å². The van der Waals surface area contributed by atoms with Crippen molar-refractivity contribution in [2.45, 2.75) is 19.4 Å². The average Bonchev–Trinajstić information content (AvgIpc) is 2.29. The van der Waals surface area contributed by atoms with Gasteiger partial charge in [0, 0.05) is 24.8 Å². The first kappa shape index (κ1) is 13.4. The second-order valence-electron chi connectivity index (χ2n) is 4.99. The second kappa shape index (κ2) is 5.28. The molecule has 1 heterocycles. The van der Waals surface area contributed by atoms with Gasteiger partial charge in [-0.1, -0.05) is 12.1 Å². The van der Waals surface area contributed by atoms with Gasteiger partial charge >= 0.3 is 0 Å². The first-order valence-corrected chi connectivity index (χ1v) is 8.07. The molecule has 5 heteroatoms. The average molecular weight is 268 g/mol. The van der Waals surface area contributed by atoms with E-state index in [1.54, 1.807) is 0 Å². The highest BCUT2D eigenvalue weighted by molar-refractivity contribution is 7.91. The highest BCUT2D eigenvalue weighted by atomic mass is 32.2. The summed E-state index contributed by atoms with van der Waals surface area (Å²) in [6, 6.07) is 7.98. The number of anilines is 1. The number of nitrogens with zero attached hydrogens (tertiary/aromatic N) is 1. The Morgan fingerprint density at radius 3 is 2.61 bits per heavy atom. The number of sulfone groups is 1. The van der Waals surface area contributed by atoms with Gasteiger partial charge in [0.25, 0.3) is 0 Å². The summed E-state index contributed by atoms with van der Waals surface area (Å²) in [6.45, 7) is 3.54. The van der Waals surface area contributed by atoms with Crippen LogP contribution in [0.2, 0.25) is 0 Å². The molecule has 1 aromatic carbocycles. The topological polar surface area (TPSA) is 63.4 Å². The molecule has 1 unspecified atom stereocenters. The lowest BCUT2D eigenvalue weighted by Crippen LogP contribution is -2.47. The molecule has 1 saturated heterocycles. The fourth-order valence-electron chi connectivity index (χ4n) is 2.32. The summed E-state index contributed by atoms with van der Waals surface area (Å²) < 4.78 is 23.0. The van der Waals surface area contributed by atoms with E-state index in [1.807, 2.05) is 31.2 Å². The number of nitrogens with two attached hydrogens (primary N) is 1. The van der Waals surface area contributed by atoms with Crippen LogP contribution >= 0.6 is 0 Å². The third-order valence-electron chi connectivity index (χ3n) is 3.48. The highest BCUT2D eigenvalue weighted by Gasteiger charge is 2.27. The summed E-state index contributed by atoms with van der Waals surface area (Å²) in [5.74, 6) is 0.577. The molecule has 2 N–H and O–H groups in total. The molecular formula is C13H20N2O2S. The molecule has 0 bridgehead atoms. The van der Waals surface area contributed by atoms with Gasteiger partial charge in [0.2, 0.25) is 0 Å². The summed E-state index contributed by atoms with van der Waals surface area (Å²) in [5, 5.41) is 0. The van der Waals surface area contributed by atoms with Gasteiger partial charge in [0.05, 0.1) is 11.5 Å². The molecule has 100 valence electrons. The number of nitrogen functional groups attached to an aromatic ring is 1. The summed E-state index contributed by atoms with van der Waals surface area (Å²) >= 11 is 0. The Morgan fingerprint density at radius 2 is 2.00 bits per heavy atom. The SMILES string of the molecule is CC1CS(=O)(=O)CCN1CCc1ccc(N)cc1. The third-order valence-corrected chi connectivity index (χ3v) is 5.27. The van der Waals surface area contributed by atoms with Gasteiger partial charge < -0.3 is 5.73 Å². The Hall–Kier alpha value is -1.07. The first-order chi connectivity index (χ1) is 8.46. The van der Waals surface area contributed by atoms with Gasteiger partial charge in [-0.15, -0.1) is 0 Å². The van der Waals surface area contributed by atoms with Crippen molar-refractivity contribution in [3.63, 3.8) is 0 Å². The van der Waals surface area contributed by atoms with Crippen molar-refractivity contribution < 1.29 is 8.42 Å². The predicted molar refractivity (Wildman–Crippen MR) is 74.2 cm³/mol. The zero-order valence-corrected chi connectivity index (χ0v) is 11.5. The highest BCUT2D eigenvalue weighted by Crippen LogP contribution is 2.13. The van der Waals surface area contributed by atoms with E-state index in [2.05, 4.69) is 4.90 Å². The lowest BCUT2D eigenvalue weighted by atomic mass is 10.1. The molecule has 1 aliphatic heterocycles. The Bertz CT molecular complexity index is 496. The maximum absolute atomic E-state index is 11.5. The lowest BCUT2D eigenvalue weighted by Gasteiger charge is -2.33. The smallest absolute Gasteiger partial charge is 0.153 e. The lowest BCUT2D eigenvalue weighted by molar-refractivity contribution is 0.229. The Labute approximate surface area is 109 Å². The molecule has 0 radical (unpaired) electrons. The number of hydrogen-bond donors (Lipinski definition) is 1. The minimum absolute atomic E-state index is 0.123. The molecule has 18 heavy (non-hydrogen) atoms. The molecular weight excluding hydrogens is 248 g/mol. The predicted octanol–water partition coefficient (Wildman–Crippen LogP) is 0.930. The second-order valence-corrected chi connectivity index (χ2v) is 7.22. The Morgan fingerprint density at radius 1 is 1.33 bits per heavy atom. The number of benzene rings is 1. The van der Waals surface area contributed by atoms with Crippen molar-refractivity contribution in [2.24, 2.45) is 0 Å². The van der Waals surface area contributed by atoms with Gasteiger partial charge in [-0.2, -0.15) is 0 Å². The van der Waals surface area contributed by atoms with E-state index in [9.17, 15) is 8.42 Å². The molecule has 1 fully saturated rings. The normalized spacial score (nSPS) is 23.9. The zero-order chi connectivity index (χ0) is 13.2. The van der Waals surface area contributed by atoms with Gasteiger partial charge in [0.15, 0.2) is 9.84 Å². The van der Waals surface area contributed by atoms with Crippen LogP contribution in [0.5, 0.6) is 0 Å². The van der Waals surface area contributed by atoms with Crippen molar-refractivity contribution in [3.05, 3.63) is 29.8 Å². The molecule has 0 amide bonds. The molecule has 2 rings (SSSR count). The molecule has 0 spiro atoms. The van der Waals surface area contributed by atoms with E-state index in [1.165, 1.54) is 5.56 Å². The molecule has 0 aliphatic carbocycles. The quantitative estimate of drug-likeness (QED) is 0.828. The zero-order valence-electron chi connectivity index (χ0n) is 10.7. The van der Waals surface area contributed by atoms with Crippen molar-refractivity contribution in [2.75, 3.05) is 30.3 Å². The van der Waals surface area contributed by atoms with Crippen molar-refractivity contribution in [1.29, 1.82) is 0 Å². The number of hydrogen-bond acceptors (Lipinski definition) is 4. The molecule has 0 aromatic heterocycles. The van der Waals surface area contributed by atoms with Crippen LogP contribution in [0.15, 0.2) is 24.3 Å². The first-order valence-electron chi connectivity index (χ1n) is 6.25. The van der Waals surface area contributed by atoms with Gasteiger partial charge in [0.1, 0.15) is 0 Å². The van der Waals surface area contributed by atoms with Crippen LogP contribution in [-0.4, -0.2) is 44.0 Å². The van der Waals surface area contributed by atoms with Gasteiger partial charge in [-0.3, -0.25) is 4.90 Å². The monoisotopic (exact) mass is 268 g/mol. The van der Waals surface area contributed by atoms with Crippen LogP contribution in [0, 0.1) is 0 Å². The molecule has 1 aromatic rings. The summed E-state index contributed by atoms with van der Waals surface area (Å²) in [6.07, 6.45) is 0.935. The van der Waals surface area contributed by atoms with Crippen LogP contribution in [0.25, 0.3) is 0 Å². The maximum Gasteiger partial charge on any atom is 0.153 e. The largest absolute Gasteiger partial charge is 0.399 e. The van der Waals surface area contributed by atoms with Crippen LogP contribution in [0.1, 0.15) is 12.5 Å². The fourth-order valence-corrected chi connectivity index (χ4v) is 3.95. The van der Waals surface area contributed by atoms with Crippen molar-refractivity contribution in [1.82, 2.24) is 4.90 Å². The molecule has 1 atom stereocenters. The van der Waals surface area contributed by atoms with Crippen LogP contribution in [0.3, 0.4) is 0 Å². The standard InChI is InChI=1S/C13H20N2O2S/c1-11-10-18(16,17)9-8-15(11)7-6-12-2-4-13(14)5-3-12/h2-5,11H,6-10,14H2,1H3. The summed E-state index contributed by atoms with van der Waals surface area (Å²) in [4.78, 5) is 2.25. The molecule has 4 nitrogen and oxygen atoms in total. The van der Waals surface area contributed by atoms with Crippen molar-refractivity contribution >= 4 is 15.5 Å². The summed E-state index contributed by atoms with van der Waals surface area (Å²) in [7, 11) is -2.81. The van der Waals surface area contributed by atoms with Gasteiger partial charge in [-0.25, -0.2) is 8.42 Å². The van der Waals surface area contributed by atoms with E-state index in [4.69, 9.17) is 5.73 Å². The van der Waals surface area contributed by atoms with Gasteiger partial charge in [-0.05, 0) is 31.0 Å². The summed E-state index contributed by atoms with van der Waals surface area (Å²) in [5.41, 5.74) is 7.66. The third kappa shape index (κ3) is 3.46. The van der Waals surface area contributed by atoms with E-state index in [0.717, 1.165) is 18.7 Å². The van der Waals surface area contributed by atoms with Crippen LogP contribution in [0.4, 0.5) is 5.69 Å². The van der Waals surface area contributed by atoms with Crippen molar-refractivity contribution in [3.8, 4) is 0 Å². The van der Waals surface area contributed by atoms with E-state index >= 15 is 0 Å². The van der Waals surface area contributed by atoms with Crippen LogP contribution in [-0.2, 0) is 16.3 Å². The Balaban J connectivity index is 1.89. The van der Waals surface area contributed by atoms with E-state index in [0.29, 0.717) is 12.3 Å².